The minimum absolute atomic E-state index is 0.259. The third-order valence-electron chi connectivity index (χ3n) is 2.12. The Morgan fingerprint density at radius 2 is 2.33 bits per heavy atom. The Labute approximate surface area is 106 Å². The van der Waals surface area contributed by atoms with Gasteiger partial charge in [0.05, 0.1) is 6.26 Å². The van der Waals surface area contributed by atoms with Gasteiger partial charge in [-0.2, -0.15) is 0 Å². The first-order valence-corrected chi connectivity index (χ1v) is 5.87. The molecule has 1 rings (SSSR count). The molecular formula is C13H17NO4. The van der Waals surface area contributed by atoms with Gasteiger partial charge in [-0.1, -0.05) is 13.3 Å². The summed E-state index contributed by atoms with van der Waals surface area (Å²) in [6.45, 7) is 2.38. The Kier molecular flexibility index (Phi) is 6.32. The summed E-state index contributed by atoms with van der Waals surface area (Å²) < 4.78 is 9.75. The van der Waals surface area contributed by atoms with Crippen LogP contribution >= 0.6 is 0 Å². The largest absolute Gasteiger partial charge is 0.465 e. The molecule has 0 saturated carbocycles. The lowest BCUT2D eigenvalue weighted by atomic mass is 10.3. The van der Waals surface area contributed by atoms with Crippen LogP contribution in [0, 0.1) is 0 Å². The van der Waals surface area contributed by atoms with Gasteiger partial charge in [-0.25, -0.2) is 4.79 Å². The molecule has 5 nitrogen and oxygen atoms in total. The molecule has 0 aliphatic carbocycles. The molecule has 1 N–H and O–H groups in total. The van der Waals surface area contributed by atoms with Gasteiger partial charge < -0.3 is 14.5 Å². The first-order chi connectivity index (χ1) is 8.72. The maximum absolute atomic E-state index is 11.2. The summed E-state index contributed by atoms with van der Waals surface area (Å²) in [7, 11) is 0. The van der Waals surface area contributed by atoms with E-state index < -0.39 is 5.97 Å². The van der Waals surface area contributed by atoms with Gasteiger partial charge in [-0.05, 0) is 24.6 Å². The molecular weight excluding hydrogens is 234 g/mol. The Bertz CT molecular complexity index is 395. The first-order valence-electron chi connectivity index (χ1n) is 5.87. The predicted octanol–water partition coefficient (Wildman–Crippen LogP) is 1.75. The van der Waals surface area contributed by atoms with Gasteiger partial charge in [0.1, 0.15) is 5.76 Å². The molecule has 98 valence electrons. The summed E-state index contributed by atoms with van der Waals surface area (Å²) in [5.74, 6) is -0.306. The number of carbonyl (C=O) groups excluding carboxylic acids is 2. The van der Waals surface area contributed by atoms with Gasteiger partial charge in [0.25, 0.3) is 5.91 Å². The SMILES string of the molecule is CCCCNC(=O)COC(=O)C=Cc1ccco1. The summed E-state index contributed by atoms with van der Waals surface area (Å²) in [5.41, 5.74) is 0. The highest BCUT2D eigenvalue weighted by Gasteiger charge is 2.04. The van der Waals surface area contributed by atoms with Crippen LogP contribution in [-0.2, 0) is 14.3 Å². The maximum Gasteiger partial charge on any atom is 0.331 e. The van der Waals surface area contributed by atoms with E-state index in [-0.39, 0.29) is 12.5 Å². The van der Waals surface area contributed by atoms with Crippen molar-refractivity contribution in [2.45, 2.75) is 19.8 Å². The van der Waals surface area contributed by atoms with Crippen LogP contribution in [0.2, 0.25) is 0 Å². The lowest BCUT2D eigenvalue weighted by molar-refractivity contribution is -0.143. The molecule has 0 aliphatic rings. The van der Waals surface area contributed by atoms with Crippen molar-refractivity contribution < 1.29 is 18.7 Å². The first kappa shape index (κ1) is 14.0. The standard InChI is InChI=1S/C13H17NO4/c1-2-3-8-14-12(15)10-18-13(16)7-6-11-5-4-9-17-11/h4-7,9H,2-3,8,10H2,1H3,(H,14,15). The van der Waals surface area contributed by atoms with Crippen molar-refractivity contribution in [2.24, 2.45) is 0 Å². The van der Waals surface area contributed by atoms with Crippen LogP contribution in [0.4, 0.5) is 0 Å². The number of esters is 1. The second-order valence-corrected chi connectivity index (χ2v) is 3.66. The van der Waals surface area contributed by atoms with Gasteiger partial charge in [-0.15, -0.1) is 0 Å². The van der Waals surface area contributed by atoms with Crippen LogP contribution in [0.15, 0.2) is 28.9 Å². The summed E-state index contributed by atoms with van der Waals surface area (Å²) in [5, 5.41) is 2.65. The van der Waals surface area contributed by atoms with Crippen molar-refractivity contribution in [1.82, 2.24) is 5.32 Å². The van der Waals surface area contributed by atoms with Crippen molar-refractivity contribution in [3.8, 4) is 0 Å². The second-order valence-electron chi connectivity index (χ2n) is 3.66. The molecule has 0 spiro atoms. The fraction of sp³-hybridized carbons (Fsp3) is 0.385. The van der Waals surface area contributed by atoms with Crippen molar-refractivity contribution in [2.75, 3.05) is 13.2 Å². The third kappa shape index (κ3) is 5.89. The second kappa shape index (κ2) is 8.11. The summed E-state index contributed by atoms with van der Waals surface area (Å²) in [6.07, 6.45) is 6.13. The highest BCUT2D eigenvalue weighted by molar-refractivity contribution is 5.88. The van der Waals surface area contributed by atoms with Crippen molar-refractivity contribution in [3.63, 3.8) is 0 Å². The van der Waals surface area contributed by atoms with Crippen LogP contribution in [0.3, 0.4) is 0 Å². The Hall–Kier alpha value is -2.04. The number of hydrogen-bond donors (Lipinski definition) is 1. The summed E-state index contributed by atoms with van der Waals surface area (Å²) in [6, 6.07) is 3.42. The number of unbranched alkanes of at least 4 members (excludes halogenated alkanes) is 1. The van der Waals surface area contributed by atoms with Gasteiger partial charge in [-0.3, -0.25) is 4.79 Å². The Morgan fingerprint density at radius 1 is 1.50 bits per heavy atom. The molecule has 0 saturated heterocycles. The molecule has 0 radical (unpaired) electrons. The number of amides is 1. The smallest absolute Gasteiger partial charge is 0.331 e. The fourth-order valence-corrected chi connectivity index (χ4v) is 1.18. The molecule has 0 fully saturated rings. The van der Waals surface area contributed by atoms with Crippen LogP contribution in [0.5, 0.6) is 0 Å². The molecule has 5 heteroatoms. The van der Waals surface area contributed by atoms with Crippen LogP contribution < -0.4 is 5.32 Å². The highest BCUT2D eigenvalue weighted by atomic mass is 16.5. The van der Waals surface area contributed by atoms with E-state index in [1.807, 2.05) is 6.92 Å². The number of furan rings is 1. The normalized spacial score (nSPS) is 10.5. The molecule has 1 amide bonds. The van der Waals surface area contributed by atoms with E-state index in [9.17, 15) is 9.59 Å². The zero-order chi connectivity index (χ0) is 13.2. The third-order valence-corrected chi connectivity index (χ3v) is 2.12. The topological polar surface area (TPSA) is 68.5 Å². The number of carbonyl (C=O) groups is 2. The fourth-order valence-electron chi connectivity index (χ4n) is 1.18. The molecule has 1 aromatic rings. The van der Waals surface area contributed by atoms with E-state index in [1.54, 1.807) is 12.1 Å². The quantitative estimate of drug-likeness (QED) is 0.455. The molecule has 0 aliphatic heterocycles. The number of hydrogen-bond acceptors (Lipinski definition) is 4. The highest BCUT2D eigenvalue weighted by Crippen LogP contribution is 2.02. The zero-order valence-electron chi connectivity index (χ0n) is 10.3. The zero-order valence-corrected chi connectivity index (χ0v) is 10.3. The van der Waals surface area contributed by atoms with Crippen LogP contribution in [0.1, 0.15) is 25.5 Å². The molecule has 0 bridgehead atoms. The molecule has 1 aromatic heterocycles. The molecule has 0 unspecified atom stereocenters. The van der Waals surface area contributed by atoms with E-state index in [2.05, 4.69) is 5.32 Å². The Balaban J connectivity index is 2.18. The monoisotopic (exact) mass is 251 g/mol. The lowest BCUT2D eigenvalue weighted by Gasteiger charge is -2.03. The van der Waals surface area contributed by atoms with Gasteiger partial charge in [0.15, 0.2) is 6.61 Å². The minimum Gasteiger partial charge on any atom is -0.465 e. The summed E-state index contributed by atoms with van der Waals surface area (Å²) >= 11 is 0. The van der Waals surface area contributed by atoms with Gasteiger partial charge in [0.2, 0.25) is 0 Å². The maximum atomic E-state index is 11.2. The number of ether oxygens (including phenoxy) is 1. The Morgan fingerprint density at radius 3 is 3.00 bits per heavy atom. The van der Waals surface area contributed by atoms with E-state index in [0.717, 1.165) is 12.8 Å². The average molecular weight is 251 g/mol. The van der Waals surface area contributed by atoms with Crippen LogP contribution in [0.25, 0.3) is 6.08 Å². The van der Waals surface area contributed by atoms with Crippen LogP contribution in [-0.4, -0.2) is 25.0 Å². The van der Waals surface area contributed by atoms with Crippen molar-refractivity contribution in [1.29, 1.82) is 0 Å². The van der Waals surface area contributed by atoms with Crippen molar-refractivity contribution in [3.05, 3.63) is 30.2 Å². The summed E-state index contributed by atoms with van der Waals surface area (Å²) in [4.78, 5) is 22.5. The minimum atomic E-state index is -0.572. The van der Waals surface area contributed by atoms with Gasteiger partial charge >= 0.3 is 5.97 Å². The van der Waals surface area contributed by atoms with E-state index in [1.165, 1.54) is 18.4 Å². The average Bonchev–Trinajstić information content (AvgIpc) is 2.87. The van der Waals surface area contributed by atoms with Gasteiger partial charge in [0, 0.05) is 12.6 Å². The molecule has 0 atom stereocenters. The molecule has 18 heavy (non-hydrogen) atoms. The van der Waals surface area contributed by atoms with E-state index in [0.29, 0.717) is 12.3 Å². The number of nitrogens with one attached hydrogen (secondary N) is 1. The predicted molar refractivity (Wildman–Crippen MR) is 66.6 cm³/mol. The van der Waals surface area contributed by atoms with E-state index in [4.69, 9.17) is 9.15 Å². The van der Waals surface area contributed by atoms with Crippen molar-refractivity contribution >= 4 is 18.0 Å². The number of rotatable bonds is 7. The van der Waals surface area contributed by atoms with E-state index >= 15 is 0 Å². The molecule has 1 heterocycles. The molecule has 0 aromatic carbocycles. The lowest BCUT2D eigenvalue weighted by Crippen LogP contribution is -2.29.